The van der Waals surface area contributed by atoms with Crippen molar-refractivity contribution < 1.29 is 14.8 Å². The Morgan fingerprint density at radius 1 is 1.65 bits per heavy atom. The lowest BCUT2D eigenvalue weighted by atomic mass is 10.3. The molecule has 2 heterocycles. The maximum Gasteiger partial charge on any atom is 0.373 e. The Kier molecular flexibility index (Phi) is 3.05. The molecule has 1 N–H and O–H groups in total. The van der Waals surface area contributed by atoms with E-state index in [4.69, 9.17) is 5.11 Å². The van der Waals surface area contributed by atoms with E-state index in [1.807, 2.05) is 0 Å². The van der Waals surface area contributed by atoms with Crippen LogP contribution in [-0.2, 0) is 4.79 Å². The quantitative estimate of drug-likeness (QED) is 0.643. The van der Waals surface area contributed by atoms with Crippen molar-refractivity contribution in [3.05, 3.63) is 21.7 Å². The van der Waals surface area contributed by atoms with Crippen LogP contribution >= 0.6 is 11.3 Å². The van der Waals surface area contributed by atoms with E-state index in [2.05, 4.69) is 4.98 Å². The summed E-state index contributed by atoms with van der Waals surface area (Å²) in [5.41, 5.74) is 0. The lowest BCUT2D eigenvalue weighted by Gasteiger charge is -2.20. The Morgan fingerprint density at radius 2 is 2.40 bits per heavy atom. The van der Waals surface area contributed by atoms with Gasteiger partial charge in [0.1, 0.15) is 6.20 Å². The zero-order chi connectivity index (χ0) is 14.3. The minimum atomic E-state index is -0.917. The number of carboxylic acids is 1. The molecule has 0 bridgehead atoms. The summed E-state index contributed by atoms with van der Waals surface area (Å²) in [5.74, 6) is -0.719. The highest BCUT2D eigenvalue weighted by atomic mass is 32.1. The van der Waals surface area contributed by atoms with E-state index < -0.39 is 10.9 Å². The van der Waals surface area contributed by atoms with E-state index in [0.717, 1.165) is 12.8 Å². The van der Waals surface area contributed by atoms with E-state index in [9.17, 15) is 14.9 Å². The summed E-state index contributed by atoms with van der Waals surface area (Å²) >= 11 is 1.32. The van der Waals surface area contributed by atoms with Crippen LogP contribution in [0.25, 0.3) is 4.96 Å². The number of carboxylic acid groups (broad SMARTS) is 1. The summed E-state index contributed by atoms with van der Waals surface area (Å²) in [5, 5.41) is 21.8. The van der Waals surface area contributed by atoms with E-state index in [-0.39, 0.29) is 30.6 Å². The van der Waals surface area contributed by atoms with Gasteiger partial charge in [0, 0.05) is 18.0 Å². The topological polar surface area (TPSA) is 101 Å². The highest BCUT2D eigenvalue weighted by molar-refractivity contribution is 7.15. The standard InChI is InChI=1S/C11H12N4O4S/c16-8(17)3-4-13(7-1-2-7)9-10(15(18)19)14-5-6-20-11(14)12-9/h5-7H,1-4H2,(H,16,17). The van der Waals surface area contributed by atoms with Crippen LogP contribution in [0.5, 0.6) is 0 Å². The highest BCUT2D eigenvalue weighted by Crippen LogP contribution is 2.37. The van der Waals surface area contributed by atoms with Gasteiger partial charge in [-0.3, -0.25) is 4.79 Å². The number of aliphatic carboxylic acids is 1. The first kappa shape index (κ1) is 12.9. The van der Waals surface area contributed by atoms with Crippen LogP contribution in [0.4, 0.5) is 11.6 Å². The lowest BCUT2D eigenvalue weighted by molar-refractivity contribution is -0.389. The highest BCUT2D eigenvalue weighted by Gasteiger charge is 2.36. The molecule has 0 amide bonds. The second kappa shape index (κ2) is 4.75. The third-order valence-electron chi connectivity index (χ3n) is 3.22. The molecule has 1 fully saturated rings. The number of imidazole rings is 1. The molecule has 3 rings (SSSR count). The zero-order valence-electron chi connectivity index (χ0n) is 10.4. The number of fused-ring (bicyclic) bond motifs is 1. The number of rotatable bonds is 6. The van der Waals surface area contributed by atoms with Crippen molar-refractivity contribution in [2.45, 2.75) is 25.3 Å². The largest absolute Gasteiger partial charge is 0.481 e. The smallest absolute Gasteiger partial charge is 0.373 e. The van der Waals surface area contributed by atoms with E-state index >= 15 is 0 Å². The van der Waals surface area contributed by atoms with Gasteiger partial charge in [-0.05, 0) is 17.8 Å². The maximum atomic E-state index is 11.3. The number of aromatic nitrogens is 2. The van der Waals surface area contributed by atoms with Crippen molar-refractivity contribution in [3.8, 4) is 0 Å². The summed E-state index contributed by atoms with van der Waals surface area (Å²) in [7, 11) is 0. The van der Waals surface area contributed by atoms with Gasteiger partial charge >= 0.3 is 11.8 Å². The van der Waals surface area contributed by atoms with Crippen molar-refractivity contribution >= 4 is 33.9 Å². The van der Waals surface area contributed by atoms with Gasteiger partial charge in [0.15, 0.2) is 0 Å². The molecule has 1 saturated carbocycles. The second-order valence-electron chi connectivity index (χ2n) is 4.64. The van der Waals surface area contributed by atoms with E-state index in [1.54, 1.807) is 16.5 Å². The number of hydrogen-bond donors (Lipinski definition) is 1. The number of nitrogens with zero attached hydrogens (tertiary/aromatic N) is 4. The van der Waals surface area contributed by atoms with E-state index in [0.29, 0.717) is 4.96 Å². The van der Waals surface area contributed by atoms with Gasteiger partial charge in [0.2, 0.25) is 5.82 Å². The van der Waals surface area contributed by atoms with Gasteiger partial charge in [0.05, 0.1) is 6.42 Å². The summed E-state index contributed by atoms with van der Waals surface area (Å²) in [6.07, 6.45) is 3.39. The van der Waals surface area contributed by atoms with Crippen LogP contribution in [0, 0.1) is 10.1 Å². The molecule has 0 aromatic carbocycles. The first-order valence-corrected chi connectivity index (χ1v) is 7.04. The van der Waals surface area contributed by atoms with Gasteiger partial charge in [-0.25, -0.2) is 0 Å². The molecule has 0 atom stereocenters. The van der Waals surface area contributed by atoms with Crippen LogP contribution < -0.4 is 4.90 Å². The minimum absolute atomic E-state index is 0.0567. The van der Waals surface area contributed by atoms with Gasteiger partial charge in [-0.2, -0.15) is 9.38 Å². The Morgan fingerprint density at radius 3 is 3.00 bits per heavy atom. The molecule has 106 valence electrons. The average Bonchev–Trinajstić information content (AvgIpc) is 2.97. The number of nitro groups is 1. The van der Waals surface area contributed by atoms with Crippen molar-refractivity contribution in [1.29, 1.82) is 0 Å². The molecular formula is C11H12N4O4S. The Bertz CT molecular complexity index is 675. The SMILES string of the molecule is O=C(O)CCN(c1nc2sccn2c1[N+](=O)[O-])C1CC1. The number of carbonyl (C=O) groups is 1. The van der Waals surface area contributed by atoms with Gasteiger partial charge < -0.3 is 20.1 Å². The summed E-state index contributed by atoms with van der Waals surface area (Å²) in [6.45, 7) is 0.242. The lowest BCUT2D eigenvalue weighted by Crippen LogP contribution is -2.29. The minimum Gasteiger partial charge on any atom is -0.481 e. The Labute approximate surface area is 117 Å². The molecule has 0 unspecified atom stereocenters. The molecule has 20 heavy (non-hydrogen) atoms. The molecule has 0 saturated heterocycles. The molecule has 1 aliphatic carbocycles. The van der Waals surface area contributed by atoms with Gasteiger partial charge in [-0.15, -0.1) is 0 Å². The van der Waals surface area contributed by atoms with Crippen LogP contribution in [0.15, 0.2) is 11.6 Å². The summed E-state index contributed by atoms with van der Waals surface area (Å²) < 4.78 is 1.44. The van der Waals surface area contributed by atoms with E-state index in [1.165, 1.54) is 15.7 Å². The molecule has 0 aliphatic heterocycles. The van der Waals surface area contributed by atoms with Gasteiger partial charge in [-0.1, -0.05) is 11.3 Å². The number of thiazole rings is 1. The molecule has 2 aromatic rings. The number of hydrogen-bond acceptors (Lipinski definition) is 6. The number of anilines is 1. The first-order valence-electron chi connectivity index (χ1n) is 6.16. The van der Waals surface area contributed by atoms with Crippen LogP contribution in [0.1, 0.15) is 19.3 Å². The predicted molar refractivity (Wildman–Crippen MR) is 72.3 cm³/mol. The van der Waals surface area contributed by atoms with Crippen LogP contribution in [0.2, 0.25) is 0 Å². The third kappa shape index (κ3) is 2.20. The second-order valence-corrected chi connectivity index (χ2v) is 5.51. The van der Waals surface area contributed by atoms with Crippen molar-refractivity contribution in [2.24, 2.45) is 0 Å². The molecule has 2 aromatic heterocycles. The van der Waals surface area contributed by atoms with Crippen LogP contribution in [-0.4, -0.2) is 38.0 Å². The first-order chi connectivity index (χ1) is 9.58. The molecule has 0 spiro atoms. The fraction of sp³-hybridized carbons (Fsp3) is 0.455. The molecule has 0 radical (unpaired) electrons. The fourth-order valence-corrected chi connectivity index (χ4v) is 2.89. The molecule has 1 aliphatic rings. The van der Waals surface area contributed by atoms with Gasteiger partial charge in [0.25, 0.3) is 4.96 Å². The van der Waals surface area contributed by atoms with Crippen molar-refractivity contribution in [1.82, 2.24) is 9.38 Å². The molecule has 8 nitrogen and oxygen atoms in total. The fourth-order valence-electron chi connectivity index (χ4n) is 2.19. The van der Waals surface area contributed by atoms with Crippen molar-refractivity contribution in [2.75, 3.05) is 11.4 Å². The zero-order valence-corrected chi connectivity index (χ0v) is 11.2. The maximum absolute atomic E-state index is 11.3. The summed E-state index contributed by atoms with van der Waals surface area (Å²) in [6, 6.07) is 0.164. The Balaban J connectivity index is 2.01. The normalized spacial score (nSPS) is 14.6. The molecular weight excluding hydrogens is 284 g/mol. The van der Waals surface area contributed by atoms with Crippen molar-refractivity contribution in [3.63, 3.8) is 0 Å². The van der Waals surface area contributed by atoms with Crippen LogP contribution in [0.3, 0.4) is 0 Å². The Hall–Kier alpha value is -2.16. The monoisotopic (exact) mass is 296 g/mol. The predicted octanol–water partition coefficient (Wildman–Crippen LogP) is 1.75. The average molecular weight is 296 g/mol. The summed E-state index contributed by atoms with van der Waals surface area (Å²) in [4.78, 5) is 28.2. The third-order valence-corrected chi connectivity index (χ3v) is 3.98. The molecule has 9 heteroatoms.